The number of methoxy groups -OCH3 is 2. The van der Waals surface area contributed by atoms with Gasteiger partial charge in [0.15, 0.2) is 5.75 Å². The quantitative estimate of drug-likeness (QED) is 0.0567. The fourth-order valence-corrected chi connectivity index (χ4v) is 6.26. The van der Waals surface area contributed by atoms with Gasteiger partial charge < -0.3 is 40.6 Å². The Morgan fingerprint density at radius 1 is 0.821 bits per heavy atom. The van der Waals surface area contributed by atoms with Gasteiger partial charge >= 0.3 is 12.0 Å². The van der Waals surface area contributed by atoms with Crippen LogP contribution in [0, 0.1) is 0 Å². The summed E-state index contributed by atoms with van der Waals surface area (Å²) in [6.45, 7) is 6.13. The second kappa shape index (κ2) is 17.3. The van der Waals surface area contributed by atoms with Crippen LogP contribution in [0.3, 0.4) is 0 Å². The van der Waals surface area contributed by atoms with Crippen molar-refractivity contribution in [1.82, 2.24) is 10.3 Å². The van der Waals surface area contributed by atoms with Crippen molar-refractivity contribution in [2.45, 2.75) is 39.0 Å². The molecule has 4 aromatic carbocycles. The number of carbonyl (C=O) groups is 3. The molecule has 0 bridgehead atoms. The van der Waals surface area contributed by atoms with Gasteiger partial charge in [0.1, 0.15) is 23.1 Å². The normalized spacial score (nSPS) is 11.3. The number of ether oxygens (including phenoxy) is 3. The van der Waals surface area contributed by atoms with E-state index >= 15 is 0 Å². The molecule has 0 saturated heterocycles. The Labute approximate surface area is 324 Å². The average molecular weight is 785 g/mol. The second-order valence-corrected chi connectivity index (χ2v) is 15.5. The Morgan fingerprint density at radius 3 is 2.21 bits per heavy atom. The Morgan fingerprint density at radius 2 is 1.54 bits per heavy atom. The van der Waals surface area contributed by atoms with E-state index in [9.17, 15) is 22.8 Å². The van der Waals surface area contributed by atoms with E-state index in [2.05, 4.69) is 31.0 Å². The number of hydrogen-bond donors (Lipinski definition) is 6. The summed E-state index contributed by atoms with van der Waals surface area (Å²) in [5, 5.41) is 21.8. The van der Waals surface area contributed by atoms with Gasteiger partial charge in [-0.05, 0) is 59.9 Å². The van der Waals surface area contributed by atoms with Crippen molar-refractivity contribution >= 4 is 67.3 Å². The first-order valence-corrected chi connectivity index (χ1v) is 19.3. The van der Waals surface area contributed by atoms with E-state index in [1.54, 1.807) is 60.8 Å². The summed E-state index contributed by atoms with van der Waals surface area (Å²) >= 11 is 0. The van der Waals surface area contributed by atoms with Crippen LogP contribution in [0.4, 0.5) is 33.4 Å². The van der Waals surface area contributed by atoms with E-state index in [0.29, 0.717) is 57.2 Å². The van der Waals surface area contributed by atoms with Gasteiger partial charge in [-0.3, -0.25) is 14.3 Å². The van der Waals surface area contributed by atoms with E-state index < -0.39 is 22.0 Å². The number of anilines is 5. The van der Waals surface area contributed by atoms with Crippen LogP contribution >= 0.6 is 0 Å². The molecule has 0 spiro atoms. The van der Waals surface area contributed by atoms with Gasteiger partial charge in [-0.15, -0.1) is 0 Å². The lowest BCUT2D eigenvalue weighted by atomic mass is 9.86. The zero-order valence-electron chi connectivity index (χ0n) is 31.8. The number of hydrogen-bond acceptors (Lipinski definition) is 10. The minimum atomic E-state index is -3.65. The molecule has 0 aliphatic heterocycles. The number of amides is 3. The zero-order valence-corrected chi connectivity index (χ0v) is 32.6. The summed E-state index contributed by atoms with van der Waals surface area (Å²) in [5.74, 6) is 0.601. The Kier molecular flexibility index (Phi) is 12.5. The van der Waals surface area contributed by atoms with Gasteiger partial charge in [0, 0.05) is 47.8 Å². The van der Waals surface area contributed by atoms with Crippen molar-refractivity contribution in [2.75, 3.05) is 47.7 Å². The molecule has 0 radical (unpaired) electrons. The van der Waals surface area contributed by atoms with Crippen molar-refractivity contribution < 1.29 is 42.1 Å². The number of fused-ring (bicyclic) bond motifs is 1. The maximum absolute atomic E-state index is 13.5. The van der Waals surface area contributed by atoms with Crippen LogP contribution in [0.25, 0.3) is 10.8 Å². The predicted molar refractivity (Wildman–Crippen MR) is 217 cm³/mol. The third kappa shape index (κ3) is 10.6. The molecule has 56 heavy (non-hydrogen) atoms. The number of benzene rings is 4. The molecule has 1 heterocycles. The first kappa shape index (κ1) is 40.6. The van der Waals surface area contributed by atoms with Gasteiger partial charge in [-0.25, -0.2) is 18.2 Å². The van der Waals surface area contributed by atoms with Crippen molar-refractivity contribution in [3.63, 3.8) is 0 Å². The monoisotopic (exact) mass is 784 g/mol. The lowest BCUT2D eigenvalue weighted by Gasteiger charge is -2.24. The number of carboxylic acids is 1. The zero-order chi connectivity index (χ0) is 40.6. The van der Waals surface area contributed by atoms with Crippen molar-refractivity contribution in [3.05, 3.63) is 96.2 Å². The van der Waals surface area contributed by atoms with Crippen LogP contribution in [0.5, 0.6) is 23.0 Å². The van der Waals surface area contributed by atoms with Crippen molar-refractivity contribution in [3.8, 4) is 23.0 Å². The highest BCUT2D eigenvalue weighted by Gasteiger charge is 2.23. The maximum atomic E-state index is 13.5. The van der Waals surface area contributed by atoms with Gasteiger partial charge in [0.2, 0.25) is 10.0 Å². The smallest absolute Gasteiger partial charge is 0.323 e. The molecular weight excluding hydrogens is 741 g/mol. The molecular formula is C40H44N6O9S. The minimum absolute atomic E-state index is 0.0459. The number of carboxylic acid groups (broad SMARTS) is 1. The molecule has 0 fully saturated rings. The van der Waals surface area contributed by atoms with E-state index in [1.165, 1.54) is 14.2 Å². The lowest BCUT2D eigenvalue weighted by molar-refractivity contribution is -0.137. The highest BCUT2D eigenvalue weighted by atomic mass is 32.2. The number of carbonyl (C=O) groups excluding carboxylic acids is 2. The number of nitrogens with one attached hydrogen (secondary N) is 5. The molecule has 16 heteroatoms. The molecule has 5 aromatic rings. The van der Waals surface area contributed by atoms with E-state index in [-0.39, 0.29) is 41.4 Å². The summed E-state index contributed by atoms with van der Waals surface area (Å²) in [6.07, 6.45) is 2.88. The van der Waals surface area contributed by atoms with E-state index in [1.807, 2.05) is 45.0 Å². The topological polar surface area (TPSA) is 206 Å². The Balaban J connectivity index is 1.33. The molecule has 0 saturated carbocycles. The maximum Gasteiger partial charge on any atom is 0.323 e. The second-order valence-electron chi connectivity index (χ2n) is 13.7. The molecule has 6 N–H and O–H groups in total. The van der Waals surface area contributed by atoms with Gasteiger partial charge in [-0.1, -0.05) is 45.0 Å². The third-order valence-electron chi connectivity index (χ3n) is 8.37. The third-order valence-corrected chi connectivity index (χ3v) is 8.96. The lowest BCUT2D eigenvalue weighted by Crippen LogP contribution is -2.25. The van der Waals surface area contributed by atoms with E-state index in [0.717, 1.165) is 11.8 Å². The van der Waals surface area contributed by atoms with Gasteiger partial charge in [0.05, 0.1) is 43.1 Å². The number of aliphatic carboxylic acids is 1. The van der Waals surface area contributed by atoms with Crippen molar-refractivity contribution in [2.24, 2.45) is 0 Å². The van der Waals surface area contributed by atoms with Gasteiger partial charge in [-0.2, -0.15) is 0 Å². The first-order chi connectivity index (χ1) is 26.5. The number of nitrogens with zero attached hydrogens (tertiary/aromatic N) is 1. The molecule has 3 amide bonds. The predicted octanol–water partition coefficient (Wildman–Crippen LogP) is 7.70. The summed E-state index contributed by atoms with van der Waals surface area (Å²) < 4.78 is 44.1. The number of aromatic nitrogens is 1. The van der Waals surface area contributed by atoms with Crippen LogP contribution in [0.1, 0.15) is 49.5 Å². The number of urea groups is 1. The number of sulfonamides is 1. The molecule has 0 atom stereocenters. The molecule has 0 aliphatic rings. The largest absolute Gasteiger partial charge is 0.496 e. The molecule has 0 aliphatic carbocycles. The van der Waals surface area contributed by atoms with Crippen LogP contribution in [0.2, 0.25) is 0 Å². The SMILES string of the molecule is COc1cc(Nc2cc(Oc3ccc(NC(=O)Nc4cc(C(C)(C)C)cc(NS(C)(=O)=O)c4OC)c4ccccc34)ccn2)ccc1C(=O)NCCCC(=O)O. The summed E-state index contributed by atoms with van der Waals surface area (Å²) in [4.78, 5) is 41.3. The van der Waals surface area contributed by atoms with Crippen LogP contribution in [0.15, 0.2) is 85.1 Å². The fraction of sp³-hybridized carbons (Fsp3) is 0.250. The number of rotatable bonds is 15. The van der Waals surface area contributed by atoms with Crippen LogP contribution < -0.4 is 40.2 Å². The van der Waals surface area contributed by atoms with E-state index in [4.69, 9.17) is 19.3 Å². The molecule has 5 rings (SSSR count). The van der Waals surface area contributed by atoms with Crippen LogP contribution in [-0.2, 0) is 20.2 Å². The van der Waals surface area contributed by atoms with Crippen LogP contribution in [-0.4, -0.2) is 63.4 Å². The molecule has 0 unspecified atom stereocenters. The Hall–Kier alpha value is -6.55. The standard InChI is InChI=1S/C40H44N6O9S/c1-40(2,3)24-20-31(37(54-5)32(21-24)46-56(6,51)52)45-39(50)44-30-15-16-33(28-11-8-7-10-27(28)30)55-26-17-19-41-35(23-26)43-25-13-14-29(34(22-25)53-4)38(49)42-18-9-12-36(47)48/h7-8,10-11,13-17,19-23,46H,9,12,18H2,1-6H3,(H,41,43)(H,42,49)(H,47,48)(H2,44,45,50). The summed E-state index contributed by atoms with van der Waals surface area (Å²) in [6, 6.07) is 22.1. The highest BCUT2D eigenvalue weighted by molar-refractivity contribution is 7.92. The van der Waals surface area contributed by atoms with Gasteiger partial charge in [0.25, 0.3) is 5.91 Å². The average Bonchev–Trinajstić information content (AvgIpc) is 3.13. The first-order valence-electron chi connectivity index (χ1n) is 17.4. The molecule has 15 nitrogen and oxygen atoms in total. The fourth-order valence-electron chi connectivity index (χ4n) is 5.71. The number of pyridine rings is 1. The highest BCUT2D eigenvalue weighted by Crippen LogP contribution is 2.40. The Bertz CT molecular complexity index is 2380. The summed E-state index contributed by atoms with van der Waals surface area (Å²) in [7, 11) is -0.809. The molecule has 294 valence electrons. The minimum Gasteiger partial charge on any atom is -0.496 e. The summed E-state index contributed by atoms with van der Waals surface area (Å²) in [5.41, 5.74) is 2.26. The molecule has 1 aromatic heterocycles. The van der Waals surface area contributed by atoms with Crippen molar-refractivity contribution in [1.29, 1.82) is 0 Å².